The van der Waals surface area contributed by atoms with Gasteiger partial charge in [-0.1, -0.05) is 18.2 Å². The summed E-state index contributed by atoms with van der Waals surface area (Å²) in [5.74, 6) is 0.654. The lowest BCUT2D eigenvalue weighted by atomic mass is 10.1. The number of β-lactam (4-membered cyclic amide) rings is 1. The van der Waals surface area contributed by atoms with Crippen LogP contribution in [-0.2, 0) is 14.8 Å². The van der Waals surface area contributed by atoms with Crippen LogP contribution >= 0.6 is 0 Å². The lowest BCUT2D eigenvalue weighted by Crippen LogP contribution is -2.64. The van der Waals surface area contributed by atoms with Crippen LogP contribution in [-0.4, -0.2) is 40.1 Å². The molecule has 8 heteroatoms. The average Bonchev–Trinajstić information content (AvgIpc) is 2.90. The van der Waals surface area contributed by atoms with Crippen molar-refractivity contribution < 1.29 is 22.7 Å². The van der Waals surface area contributed by atoms with Crippen molar-refractivity contribution in [2.45, 2.75) is 17.4 Å². The Hall–Kier alpha value is -2.58. The standard InChI is InChI=1S/C18H18N2O5S/c21-18-15(12-20(18)13-5-2-1-3-6-13)19-26(22,23)14-7-8-16-17(11-14)25-10-4-9-24-16/h1-3,5-8,11,15,19H,4,9-10,12H2/t15-/m1/s1. The van der Waals surface area contributed by atoms with Gasteiger partial charge in [0.05, 0.1) is 24.7 Å². The minimum atomic E-state index is -3.84. The van der Waals surface area contributed by atoms with E-state index in [9.17, 15) is 13.2 Å². The fraction of sp³-hybridized carbons (Fsp3) is 0.278. The van der Waals surface area contributed by atoms with Gasteiger partial charge in [0.15, 0.2) is 11.5 Å². The highest BCUT2D eigenvalue weighted by atomic mass is 32.2. The van der Waals surface area contributed by atoms with Crippen molar-refractivity contribution in [1.29, 1.82) is 0 Å². The third-order valence-electron chi connectivity index (χ3n) is 4.32. The molecule has 2 heterocycles. The van der Waals surface area contributed by atoms with Gasteiger partial charge in [-0.3, -0.25) is 4.79 Å². The van der Waals surface area contributed by atoms with E-state index >= 15 is 0 Å². The van der Waals surface area contributed by atoms with Gasteiger partial charge in [0.1, 0.15) is 6.04 Å². The van der Waals surface area contributed by atoms with Crippen molar-refractivity contribution >= 4 is 21.6 Å². The molecule has 0 unspecified atom stereocenters. The quantitative estimate of drug-likeness (QED) is 0.821. The number of carbonyl (C=O) groups is 1. The van der Waals surface area contributed by atoms with E-state index in [-0.39, 0.29) is 10.8 Å². The highest BCUT2D eigenvalue weighted by Gasteiger charge is 2.40. The number of nitrogens with one attached hydrogen (secondary N) is 1. The van der Waals surface area contributed by atoms with Crippen LogP contribution in [0.3, 0.4) is 0 Å². The van der Waals surface area contributed by atoms with Gasteiger partial charge in [-0.25, -0.2) is 8.42 Å². The van der Waals surface area contributed by atoms with Crippen LogP contribution in [0.25, 0.3) is 0 Å². The zero-order chi connectivity index (χ0) is 18.1. The number of para-hydroxylation sites is 1. The zero-order valence-electron chi connectivity index (χ0n) is 13.9. The molecule has 0 aromatic heterocycles. The fourth-order valence-electron chi connectivity index (χ4n) is 2.92. The lowest BCUT2D eigenvalue weighted by molar-refractivity contribution is -0.124. The van der Waals surface area contributed by atoms with E-state index in [1.165, 1.54) is 12.1 Å². The van der Waals surface area contributed by atoms with Gasteiger partial charge in [-0.2, -0.15) is 4.72 Å². The number of nitrogens with zero attached hydrogens (tertiary/aromatic N) is 1. The van der Waals surface area contributed by atoms with E-state index < -0.39 is 16.1 Å². The Labute approximate surface area is 151 Å². The summed E-state index contributed by atoms with van der Waals surface area (Å²) in [5, 5.41) is 0. The van der Waals surface area contributed by atoms with Crippen LogP contribution in [0.5, 0.6) is 11.5 Å². The third-order valence-corrected chi connectivity index (χ3v) is 5.79. The number of sulfonamides is 1. The Morgan fingerprint density at radius 1 is 1.00 bits per heavy atom. The SMILES string of the molecule is O=C1[C@H](NS(=O)(=O)c2ccc3c(c2)OCCCO3)CN1c1ccccc1. The molecule has 0 aliphatic carbocycles. The Bertz CT molecular complexity index is 930. The van der Waals surface area contributed by atoms with Crippen molar-refractivity contribution in [3.63, 3.8) is 0 Å². The molecule has 7 nitrogen and oxygen atoms in total. The van der Waals surface area contributed by atoms with Crippen LogP contribution < -0.4 is 19.1 Å². The number of ether oxygens (including phenoxy) is 2. The average molecular weight is 374 g/mol. The minimum Gasteiger partial charge on any atom is -0.490 e. The first-order chi connectivity index (χ1) is 12.5. The maximum absolute atomic E-state index is 12.6. The van der Waals surface area contributed by atoms with Crippen LogP contribution in [0.15, 0.2) is 53.4 Å². The number of rotatable bonds is 4. The number of anilines is 1. The predicted molar refractivity (Wildman–Crippen MR) is 95.0 cm³/mol. The molecule has 136 valence electrons. The van der Waals surface area contributed by atoms with Gasteiger partial charge in [0.2, 0.25) is 15.9 Å². The summed E-state index contributed by atoms with van der Waals surface area (Å²) in [7, 11) is -3.84. The highest BCUT2D eigenvalue weighted by molar-refractivity contribution is 7.89. The second-order valence-corrected chi connectivity index (χ2v) is 7.83. The number of fused-ring (bicyclic) bond motifs is 1. The molecule has 1 fully saturated rings. The molecule has 2 aromatic carbocycles. The molecule has 2 aromatic rings. The van der Waals surface area contributed by atoms with Crippen LogP contribution in [0.1, 0.15) is 6.42 Å². The maximum Gasteiger partial charge on any atom is 0.247 e. The van der Waals surface area contributed by atoms with E-state index in [2.05, 4.69) is 4.72 Å². The van der Waals surface area contributed by atoms with Gasteiger partial charge in [-0.05, 0) is 24.3 Å². The Morgan fingerprint density at radius 2 is 1.73 bits per heavy atom. The zero-order valence-corrected chi connectivity index (χ0v) is 14.7. The molecule has 0 saturated carbocycles. The van der Waals surface area contributed by atoms with Crippen molar-refractivity contribution in [2.75, 3.05) is 24.7 Å². The van der Waals surface area contributed by atoms with E-state index in [1.54, 1.807) is 11.0 Å². The monoisotopic (exact) mass is 374 g/mol. The van der Waals surface area contributed by atoms with E-state index in [1.807, 2.05) is 30.3 Å². The van der Waals surface area contributed by atoms with E-state index in [4.69, 9.17) is 9.47 Å². The molecular formula is C18H18N2O5S. The van der Waals surface area contributed by atoms with Gasteiger partial charge in [0.25, 0.3) is 0 Å². The summed E-state index contributed by atoms with van der Waals surface area (Å²) in [6, 6.07) is 12.8. The molecule has 1 amide bonds. The molecule has 1 saturated heterocycles. The highest BCUT2D eigenvalue weighted by Crippen LogP contribution is 2.32. The topological polar surface area (TPSA) is 84.9 Å². The molecule has 26 heavy (non-hydrogen) atoms. The van der Waals surface area contributed by atoms with Crippen molar-refractivity contribution in [3.05, 3.63) is 48.5 Å². The number of amides is 1. The summed E-state index contributed by atoms with van der Waals surface area (Å²) in [6.45, 7) is 1.30. The molecule has 0 bridgehead atoms. The minimum absolute atomic E-state index is 0.0488. The molecule has 1 atom stereocenters. The van der Waals surface area contributed by atoms with Gasteiger partial charge in [-0.15, -0.1) is 0 Å². The van der Waals surface area contributed by atoms with Crippen LogP contribution in [0, 0.1) is 0 Å². The molecule has 2 aliphatic rings. The first-order valence-corrected chi connectivity index (χ1v) is 9.81. The van der Waals surface area contributed by atoms with Crippen molar-refractivity contribution in [2.24, 2.45) is 0 Å². The van der Waals surface area contributed by atoms with Gasteiger partial charge in [0, 0.05) is 18.2 Å². The molecule has 0 spiro atoms. The number of hydrogen-bond acceptors (Lipinski definition) is 5. The summed E-state index contributed by atoms with van der Waals surface area (Å²) >= 11 is 0. The van der Waals surface area contributed by atoms with E-state index in [0.29, 0.717) is 31.3 Å². The molecule has 4 rings (SSSR count). The molecular weight excluding hydrogens is 356 g/mol. The number of hydrogen-bond donors (Lipinski definition) is 1. The van der Waals surface area contributed by atoms with Gasteiger partial charge < -0.3 is 14.4 Å². The summed E-state index contributed by atoms with van der Waals surface area (Å²) < 4.78 is 38.7. The smallest absolute Gasteiger partial charge is 0.247 e. The summed E-state index contributed by atoms with van der Waals surface area (Å²) in [6.07, 6.45) is 0.737. The normalized spacial score (nSPS) is 19.6. The number of carbonyl (C=O) groups excluding carboxylic acids is 1. The first-order valence-electron chi connectivity index (χ1n) is 8.33. The van der Waals surface area contributed by atoms with Crippen LogP contribution in [0.4, 0.5) is 5.69 Å². The Kier molecular flexibility index (Phi) is 4.29. The van der Waals surface area contributed by atoms with Crippen LogP contribution in [0.2, 0.25) is 0 Å². The molecule has 1 N–H and O–H groups in total. The fourth-order valence-corrected chi connectivity index (χ4v) is 4.12. The first kappa shape index (κ1) is 16.9. The Balaban J connectivity index is 1.48. The second-order valence-electron chi connectivity index (χ2n) is 6.12. The maximum atomic E-state index is 12.6. The largest absolute Gasteiger partial charge is 0.490 e. The Morgan fingerprint density at radius 3 is 2.46 bits per heavy atom. The summed E-state index contributed by atoms with van der Waals surface area (Å²) in [4.78, 5) is 13.9. The summed E-state index contributed by atoms with van der Waals surface area (Å²) in [5.41, 5.74) is 0.753. The predicted octanol–water partition coefficient (Wildman–Crippen LogP) is 1.54. The van der Waals surface area contributed by atoms with Gasteiger partial charge >= 0.3 is 0 Å². The van der Waals surface area contributed by atoms with E-state index in [0.717, 1.165) is 12.1 Å². The lowest BCUT2D eigenvalue weighted by Gasteiger charge is -2.38. The third kappa shape index (κ3) is 3.13. The van der Waals surface area contributed by atoms with Crippen molar-refractivity contribution in [1.82, 2.24) is 4.72 Å². The second kappa shape index (κ2) is 6.62. The van der Waals surface area contributed by atoms with Crippen molar-refractivity contribution in [3.8, 4) is 11.5 Å². The molecule has 0 radical (unpaired) electrons. The number of benzene rings is 2. The molecule has 2 aliphatic heterocycles.